The summed E-state index contributed by atoms with van der Waals surface area (Å²) in [6.07, 6.45) is 7.85. The maximum Gasteiger partial charge on any atom is 0.225 e. The Morgan fingerprint density at radius 2 is 2.40 bits per heavy atom. The van der Waals surface area contributed by atoms with Gasteiger partial charge >= 0.3 is 0 Å². The molecule has 0 aromatic carbocycles. The Hall–Kier alpha value is -1.40. The molecule has 0 unspecified atom stereocenters. The molecule has 0 saturated heterocycles. The molecule has 0 aromatic heterocycles. The average molecular weight is 140 g/mol. The summed E-state index contributed by atoms with van der Waals surface area (Å²) in [4.78, 5) is 9.53. The zero-order chi connectivity index (χ0) is 6.81. The zero-order valence-corrected chi connectivity index (χ0v) is 4.87. The molecule has 0 amide bonds. The van der Waals surface area contributed by atoms with Crippen molar-refractivity contribution in [2.45, 2.75) is 0 Å². The SMILES string of the molecule is [C]1=[C]ON(N2NC=CO2)N1. The van der Waals surface area contributed by atoms with Crippen molar-refractivity contribution in [1.82, 2.24) is 21.4 Å². The molecule has 2 radical (unpaired) electrons. The first kappa shape index (κ1) is 5.39. The van der Waals surface area contributed by atoms with E-state index in [1.807, 2.05) is 0 Å². The number of nitrogens with zero attached hydrogens (tertiary/aromatic N) is 2. The van der Waals surface area contributed by atoms with Gasteiger partial charge in [-0.3, -0.25) is 10.9 Å². The second-order valence-electron chi connectivity index (χ2n) is 1.51. The molecule has 0 bridgehead atoms. The Bertz CT molecular complexity index is 144. The summed E-state index contributed by atoms with van der Waals surface area (Å²) in [6, 6.07) is 0. The van der Waals surface area contributed by atoms with Crippen molar-refractivity contribution in [3.8, 4) is 0 Å². The third kappa shape index (κ3) is 0.751. The smallest absolute Gasteiger partial charge is 0.225 e. The van der Waals surface area contributed by atoms with Crippen LogP contribution < -0.4 is 10.9 Å². The molecule has 6 nitrogen and oxygen atoms in total. The Kier molecular flexibility index (Phi) is 1.12. The summed E-state index contributed by atoms with van der Waals surface area (Å²) in [5.74, 6) is 0. The van der Waals surface area contributed by atoms with Crippen molar-refractivity contribution < 1.29 is 9.68 Å². The van der Waals surface area contributed by atoms with Gasteiger partial charge in [0.15, 0.2) is 0 Å². The van der Waals surface area contributed by atoms with Crippen LogP contribution in [-0.2, 0) is 9.68 Å². The maximum absolute atomic E-state index is 4.84. The van der Waals surface area contributed by atoms with Crippen LogP contribution in [-0.4, -0.2) is 10.6 Å². The van der Waals surface area contributed by atoms with Gasteiger partial charge in [0.05, 0.1) is 16.8 Å². The largest absolute Gasteiger partial charge is 0.374 e. The van der Waals surface area contributed by atoms with E-state index in [1.165, 1.54) is 16.8 Å². The van der Waals surface area contributed by atoms with Crippen LogP contribution in [0.1, 0.15) is 0 Å². The third-order valence-electron chi connectivity index (χ3n) is 0.913. The fraction of sp³-hybridized carbons (Fsp3) is 0. The number of hydrogen-bond donors (Lipinski definition) is 2. The van der Waals surface area contributed by atoms with Crippen LogP contribution >= 0.6 is 0 Å². The molecule has 6 heteroatoms. The van der Waals surface area contributed by atoms with Gasteiger partial charge in [-0.1, -0.05) is 0 Å². The van der Waals surface area contributed by atoms with Gasteiger partial charge in [-0.05, 0) is 0 Å². The van der Waals surface area contributed by atoms with Crippen molar-refractivity contribution in [3.05, 3.63) is 24.9 Å². The molecule has 2 aliphatic heterocycles. The summed E-state index contributed by atoms with van der Waals surface area (Å²) in [5, 5.41) is 2.38. The highest BCUT2D eigenvalue weighted by Crippen LogP contribution is 2.02. The van der Waals surface area contributed by atoms with Crippen molar-refractivity contribution in [1.29, 1.82) is 0 Å². The number of nitrogens with one attached hydrogen (secondary N) is 2. The lowest BCUT2D eigenvalue weighted by Gasteiger charge is -2.20. The van der Waals surface area contributed by atoms with Gasteiger partial charge in [-0.25, -0.2) is 0 Å². The lowest BCUT2D eigenvalue weighted by Crippen LogP contribution is -2.48. The third-order valence-corrected chi connectivity index (χ3v) is 0.913. The molecule has 2 aliphatic rings. The van der Waals surface area contributed by atoms with E-state index in [9.17, 15) is 0 Å². The minimum Gasteiger partial charge on any atom is -0.374 e. The molecule has 52 valence electrons. The number of rotatable bonds is 1. The van der Waals surface area contributed by atoms with Crippen LogP contribution in [0.5, 0.6) is 0 Å². The molecule has 0 fully saturated rings. The minimum atomic E-state index is 1.17. The van der Waals surface area contributed by atoms with E-state index in [0.717, 1.165) is 0 Å². The monoisotopic (exact) mass is 140 g/mol. The van der Waals surface area contributed by atoms with Crippen LogP contribution in [0.2, 0.25) is 0 Å². The Morgan fingerprint density at radius 3 is 3.00 bits per heavy atom. The van der Waals surface area contributed by atoms with Crippen LogP contribution in [0, 0.1) is 12.5 Å². The topological polar surface area (TPSA) is 49.0 Å². The highest BCUT2D eigenvalue weighted by molar-refractivity contribution is 4.71. The van der Waals surface area contributed by atoms with Gasteiger partial charge in [0.25, 0.3) is 0 Å². The fourth-order valence-corrected chi connectivity index (χ4v) is 0.550. The molecule has 0 saturated carbocycles. The van der Waals surface area contributed by atoms with E-state index in [4.69, 9.17) is 9.68 Å². The average Bonchev–Trinajstić information content (AvgIpc) is 2.59. The molecule has 0 aromatic rings. The zero-order valence-electron chi connectivity index (χ0n) is 4.87. The first-order valence-electron chi connectivity index (χ1n) is 2.57. The normalized spacial score (nSPS) is 23.6. The standard InChI is InChI=1S/C4H4N4O2/c1-3-9-7(5-1)8-6-2-4-10-8/h1,3,5-6H. The summed E-state index contributed by atoms with van der Waals surface area (Å²) in [5.41, 5.74) is 5.23. The van der Waals surface area contributed by atoms with E-state index >= 15 is 0 Å². The van der Waals surface area contributed by atoms with E-state index in [-0.39, 0.29) is 0 Å². The van der Waals surface area contributed by atoms with Gasteiger partial charge < -0.3 is 9.68 Å². The molecule has 0 aliphatic carbocycles. The summed E-state index contributed by atoms with van der Waals surface area (Å²) in [6.45, 7) is 0. The highest BCUT2D eigenvalue weighted by atomic mass is 16.9. The predicted octanol–water partition coefficient (Wildman–Crippen LogP) is -1.05. The molecular formula is C4H4N4O2. The number of hydrogen-bond acceptors (Lipinski definition) is 6. The summed E-state index contributed by atoms with van der Waals surface area (Å²) < 4.78 is 0. The molecule has 10 heavy (non-hydrogen) atoms. The van der Waals surface area contributed by atoms with Crippen LogP contribution in [0.4, 0.5) is 0 Å². The molecule has 0 atom stereocenters. The van der Waals surface area contributed by atoms with Crippen molar-refractivity contribution in [2.24, 2.45) is 0 Å². The molecule has 2 rings (SSSR count). The molecule has 2 N–H and O–H groups in total. The second kappa shape index (κ2) is 2.09. The van der Waals surface area contributed by atoms with E-state index in [0.29, 0.717) is 0 Å². The van der Waals surface area contributed by atoms with Gasteiger partial charge in [0.2, 0.25) is 6.26 Å². The minimum absolute atomic E-state index is 1.17. The first-order valence-corrected chi connectivity index (χ1v) is 2.57. The van der Waals surface area contributed by atoms with Gasteiger partial charge in [0, 0.05) is 0 Å². The van der Waals surface area contributed by atoms with Gasteiger partial charge in [-0.2, -0.15) is 0 Å². The lowest BCUT2D eigenvalue weighted by atomic mass is 11.0. The Morgan fingerprint density at radius 1 is 1.40 bits per heavy atom. The highest BCUT2D eigenvalue weighted by Gasteiger charge is 2.21. The quantitative estimate of drug-likeness (QED) is 0.485. The summed E-state index contributed by atoms with van der Waals surface area (Å²) in [7, 11) is 0. The van der Waals surface area contributed by atoms with E-state index < -0.39 is 0 Å². The van der Waals surface area contributed by atoms with Crippen molar-refractivity contribution in [2.75, 3.05) is 0 Å². The lowest BCUT2D eigenvalue weighted by molar-refractivity contribution is -0.392. The summed E-state index contributed by atoms with van der Waals surface area (Å²) >= 11 is 0. The van der Waals surface area contributed by atoms with Crippen LogP contribution in [0.3, 0.4) is 0 Å². The fourth-order valence-electron chi connectivity index (χ4n) is 0.550. The van der Waals surface area contributed by atoms with E-state index in [1.54, 1.807) is 6.20 Å². The first-order chi connectivity index (χ1) is 4.97. The number of hydrazine groups is 3. The molecule has 2 heterocycles. The van der Waals surface area contributed by atoms with Crippen molar-refractivity contribution >= 4 is 0 Å². The Balaban J connectivity index is 1.89. The maximum atomic E-state index is 4.84. The van der Waals surface area contributed by atoms with Gasteiger partial charge in [-0.15, -0.1) is 0 Å². The molecule has 0 spiro atoms. The Labute approximate surface area is 57.1 Å². The van der Waals surface area contributed by atoms with E-state index in [2.05, 4.69) is 23.3 Å². The predicted molar refractivity (Wildman–Crippen MR) is 27.7 cm³/mol. The van der Waals surface area contributed by atoms with Crippen LogP contribution in [0.25, 0.3) is 0 Å². The van der Waals surface area contributed by atoms with Gasteiger partial charge in [0.1, 0.15) is 12.5 Å². The molecular weight excluding hydrogens is 136 g/mol. The van der Waals surface area contributed by atoms with Crippen LogP contribution in [0.15, 0.2) is 12.5 Å². The van der Waals surface area contributed by atoms with Crippen molar-refractivity contribution in [3.63, 3.8) is 0 Å². The second-order valence-corrected chi connectivity index (χ2v) is 1.51.